The summed E-state index contributed by atoms with van der Waals surface area (Å²) in [7, 11) is 0. The highest BCUT2D eigenvalue weighted by Crippen LogP contribution is 2.31. The minimum Gasteiger partial charge on any atom is -0.390 e. The lowest BCUT2D eigenvalue weighted by atomic mass is 10.2. The molecular formula is C21H24I2N2O. The maximum atomic E-state index is 10.8. The van der Waals surface area contributed by atoms with Crippen LogP contribution in [-0.2, 0) is 6.54 Å². The van der Waals surface area contributed by atoms with E-state index in [-0.39, 0.29) is 6.10 Å². The van der Waals surface area contributed by atoms with Crippen molar-refractivity contribution >= 4 is 67.0 Å². The largest absolute Gasteiger partial charge is 0.390 e. The zero-order chi connectivity index (χ0) is 18.1. The molecule has 0 aliphatic carbocycles. The number of aliphatic hydroxyl groups excluding tert-OH is 1. The number of benzene rings is 2. The number of nitrogens with zero attached hydrogens (tertiary/aromatic N) is 2. The van der Waals surface area contributed by atoms with Crippen molar-refractivity contribution in [2.24, 2.45) is 0 Å². The Morgan fingerprint density at radius 1 is 0.808 bits per heavy atom. The molecule has 3 aromatic rings. The van der Waals surface area contributed by atoms with E-state index >= 15 is 0 Å². The highest BCUT2D eigenvalue weighted by atomic mass is 127. The number of aliphatic hydroxyl groups is 1. The van der Waals surface area contributed by atoms with Crippen molar-refractivity contribution < 1.29 is 5.11 Å². The Labute approximate surface area is 182 Å². The molecule has 0 bridgehead atoms. The topological polar surface area (TPSA) is 28.4 Å². The van der Waals surface area contributed by atoms with E-state index in [1.165, 1.54) is 54.6 Å². The van der Waals surface area contributed by atoms with Crippen molar-refractivity contribution in [3.8, 4) is 0 Å². The van der Waals surface area contributed by atoms with Crippen molar-refractivity contribution in [3.05, 3.63) is 43.5 Å². The number of hydrogen-bond donors (Lipinski definition) is 1. The molecule has 4 rings (SSSR count). The first kappa shape index (κ1) is 19.0. The maximum Gasteiger partial charge on any atom is 0.0845 e. The summed E-state index contributed by atoms with van der Waals surface area (Å²) in [5.41, 5.74) is 2.44. The highest BCUT2D eigenvalue weighted by molar-refractivity contribution is 14.1. The summed E-state index contributed by atoms with van der Waals surface area (Å²) in [4.78, 5) is 2.44. The van der Waals surface area contributed by atoms with Crippen LogP contribution in [0.3, 0.4) is 0 Å². The Morgan fingerprint density at radius 3 is 1.88 bits per heavy atom. The molecule has 1 saturated heterocycles. The van der Waals surface area contributed by atoms with Gasteiger partial charge in [0.2, 0.25) is 0 Å². The van der Waals surface area contributed by atoms with E-state index in [1.807, 2.05) is 0 Å². The molecule has 138 valence electrons. The number of hydrogen-bond acceptors (Lipinski definition) is 2. The van der Waals surface area contributed by atoms with Crippen LogP contribution in [0.2, 0.25) is 0 Å². The molecule has 1 atom stereocenters. The molecule has 0 saturated carbocycles. The molecule has 0 spiro atoms. The third-order valence-corrected chi connectivity index (χ3v) is 6.69. The van der Waals surface area contributed by atoms with E-state index in [1.54, 1.807) is 0 Å². The summed E-state index contributed by atoms with van der Waals surface area (Å²) >= 11 is 4.75. The lowest BCUT2D eigenvalue weighted by molar-refractivity contribution is 0.102. The molecule has 3 nitrogen and oxygen atoms in total. The van der Waals surface area contributed by atoms with E-state index in [9.17, 15) is 5.11 Å². The fourth-order valence-electron chi connectivity index (χ4n) is 4.13. The second kappa shape index (κ2) is 8.32. The minimum atomic E-state index is -0.342. The van der Waals surface area contributed by atoms with Crippen molar-refractivity contribution in [1.29, 1.82) is 0 Å². The van der Waals surface area contributed by atoms with E-state index in [0.29, 0.717) is 6.54 Å². The summed E-state index contributed by atoms with van der Waals surface area (Å²) in [5, 5.41) is 13.4. The first-order valence-corrected chi connectivity index (χ1v) is 11.5. The average molecular weight is 574 g/mol. The van der Waals surface area contributed by atoms with E-state index < -0.39 is 0 Å². The summed E-state index contributed by atoms with van der Waals surface area (Å²) in [5.74, 6) is 0. The normalized spacial score (nSPS) is 17.7. The predicted molar refractivity (Wildman–Crippen MR) is 126 cm³/mol. The molecule has 0 unspecified atom stereocenters. The Kier molecular flexibility index (Phi) is 6.07. The number of fused-ring (bicyclic) bond motifs is 3. The van der Waals surface area contributed by atoms with Crippen LogP contribution in [0.15, 0.2) is 36.4 Å². The summed E-state index contributed by atoms with van der Waals surface area (Å²) in [6, 6.07) is 13.2. The molecule has 1 aliphatic heterocycles. The van der Waals surface area contributed by atoms with Crippen molar-refractivity contribution in [2.75, 3.05) is 19.6 Å². The molecule has 0 amide bonds. The standard InChI is InChI=1S/C21H24I2N2O/c22-15-5-7-20-18(11-15)19-12-16(23)6-8-21(19)25(20)14-17(26)13-24-9-3-1-2-4-10-24/h5-8,11-12,17,26H,1-4,9-10,13-14H2/t17-/m1/s1. The molecule has 26 heavy (non-hydrogen) atoms. The predicted octanol–water partition coefficient (Wildman–Crippen LogP) is 5.24. The number of β-amino-alcohol motifs (C(OH)–C–C–N with tert-alkyl or cyclic N) is 1. The maximum absolute atomic E-state index is 10.8. The van der Waals surface area contributed by atoms with E-state index in [2.05, 4.69) is 91.0 Å². The van der Waals surface area contributed by atoms with E-state index in [0.717, 1.165) is 19.6 Å². The quantitative estimate of drug-likeness (QED) is 0.432. The van der Waals surface area contributed by atoms with Gasteiger partial charge in [-0.2, -0.15) is 0 Å². The minimum absolute atomic E-state index is 0.342. The number of halogens is 2. The Balaban J connectivity index is 1.66. The van der Waals surface area contributed by atoms with Gasteiger partial charge in [-0.25, -0.2) is 0 Å². The Hall–Kier alpha value is -0.380. The van der Waals surface area contributed by atoms with Gasteiger partial charge in [0.25, 0.3) is 0 Å². The Morgan fingerprint density at radius 2 is 1.35 bits per heavy atom. The van der Waals surface area contributed by atoms with Gasteiger partial charge >= 0.3 is 0 Å². The number of rotatable bonds is 4. The van der Waals surface area contributed by atoms with Gasteiger partial charge in [0.05, 0.1) is 12.6 Å². The first-order chi connectivity index (χ1) is 12.6. The number of aromatic nitrogens is 1. The summed E-state index contributed by atoms with van der Waals surface area (Å²) < 4.78 is 4.80. The van der Waals surface area contributed by atoms with Gasteiger partial charge in [-0.15, -0.1) is 0 Å². The van der Waals surface area contributed by atoms with Crippen molar-refractivity contribution in [1.82, 2.24) is 9.47 Å². The lowest BCUT2D eigenvalue weighted by Gasteiger charge is -2.24. The molecule has 1 aromatic heterocycles. The van der Waals surface area contributed by atoms with Gasteiger partial charge < -0.3 is 14.6 Å². The van der Waals surface area contributed by atoms with Crippen LogP contribution in [0, 0.1) is 7.14 Å². The zero-order valence-electron chi connectivity index (χ0n) is 14.8. The monoisotopic (exact) mass is 574 g/mol. The first-order valence-electron chi connectivity index (χ1n) is 9.39. The zero-order valence-corrected chi connectivity index (χ0v) is 19.1. The van der Waals surface area contributed by atoms with Gasteiger partial charge in [0, 0.05) is 35.5 Å². The molecule has 0 radical (unpaired) electrons. The average Bonchev–Trinajstić information content (AvgIpc) is 2.77. The molecule has 2 aromatic carbocycles. The van der Waals surface area contributed by atoms with Gasteiger partial charge in [-0.1, -0.05) is 12.8 Å². The summed E-state index contributed by atoms with van der Waals surface area (Å²) in [6.45, 7) is 3.68. The smallest absolute Gasteiger partial charge is 0.0845 e. The van der Waals surface area contributed by atoms with Crippen LogP contribution in [0.5, 0.6) is 0 Å². The summed E-state index contributed by atoms with van der Waals surface area (Å²) in [6.07, 6.45) is 4.84. The van der Waals surface area contributed by atoms with Crippen LogP contribution >= 0.6 is 45.2 Å². The molecule has 1 fully saturated rings. The van der Waals surface area contributed by atoms with Crippen LogP contribution in [-0.4, -0.2) is 40.3 Å². The van der Waals surface area contributed by atoms with E-state index in [4.69, 9.17) is 0 Å². The molecule has 2 heterocycles. The Bertz CT molecular complexity index is 854. The van der Waals surface area contributed by atoms with Crippen LogP contribution in [0.25, 0.3) is 21.8 Å². The van der Waals surface area contributed by atoms with Crippen LogP contribution < -0.4 is 0 Å². The molecular weight excluding hydrogens is 550 g/mol. The van der Waals surface area contributed by atoms with Crippen LogP contribution in [0.4, 0.5) is 0 Å². The SMILES string of the molecule is O[C@H](CN1CCCCCC1)Cn1c2ccc(I)cc2c2cc(I)ccc21. The van der Waals surface area contributed by atoms with Gasteiger partial charge in [0.1, 0.15) is 0 Å². The second-order valence-corrected chi connectivity index (χ2v) is 9.79. The second-order valence-electron chi connectivity index (χ2n) is 7.30. The molecule has 1 N–H and O–H groups in total. The third kappa shape index (κ3) is 4.05. The van der Waals surface area contributed by atoms with Gasteiger partial charge in [0.15, 0.2) is 0 Å². The molecule has 5 heteroatoms. The lowest BCUT2D eigenvalue weighted by Crippen LogP contribution is -2.35. The van der Waals surface area contributed by atoms with Gasteiger partial charge in [-0.3, -0.25) is 0 Å². The van der Waals surface area contributed by atoms with Crippen molar-refractivity contribution in [3.63, 3.8) is 0 Å². The van der Waals surface area contributed by atoms with Crippen molar-refractivity contribution in [2.45, 2.75) is 38.3 Å². The molecule has 1 aliphatic rings. The van der Waals surface area contributed by atoms with Gasteiger partial charge in [-0.05, 0) is 108 Å². The fourth-order valence-corrected chi connectivity index (χ4v) is 5.11. The number of likely N-dealkylation sites (tertiary alicyclic amines) is 1. The van der Waals surface area contributed by atoms with Crippen LogP contribution in [0.1, 0.15) is 25.7 Å². The fraction of sp³-hybridized carbons (Fsp3) is 0.429. The highest BCUT2D eigenvalue weighted by Gasteiger charge is 2.17. The third-order valence-electron chi connectivity index (χ3n) is 5.35.